The van der Waals surface area contributed by atoms with E-state index >= 15 is 0 Å². The summed E-state index contributed by atoms with van der Waals surface area (Å²) in [5.74, 6) is 0.913. The van der Waals surface area contributed by atoms with Gasteiger partial charge in [0.2, 0.25) is 0 Å². The van der Waals surface area contributed by atoms with Crippen molar-refractivity contribution in [1.82, 2.24) is 5.16 Å². The van der Waals surface area contributed by atoms with E-state index in [9.17, 15) is 5.11 Å². The van der Waals surface area contributed by atoms with Crippen molar-refractivity contribution in [1.29, 1.82) is 0 Å². The van der Waals surface area contributed by atoms with Gasteiger partial charge in [0, 0.05) is 11.6 Å². The molecule has 1 N–H and O–H groups in total. The van der Waals surface area contributed by atoms with Crippen LogP contribution in [0.2, 0.25) is 0 Å². The van der Waals surface area contributed by atoms with Gasteiger partial charge in [-0.15, -0.1) is 0 Å². The summed E-state index contributed by atoms with van der Waals surface area (Å²) in [6.07, 6.45) is 5.10. The van der Waals surface area contributed by atoms with Gasteiger partial charge < -0.3 is 9.63 Å². The Morgan fingerprint density at radius 2 is 2.00 bits per heavy atom. The highest BCUT2D eigenvalue weighted by atomic mass is 16.5. The minimum absolute atomic E-state index is 0.253. The monoisotopic (exact) mass is 187 g/mol. The fraction of sp³-hybridized carbons (Fsp3) is 0. The Bertz CT molecular complexity index is 432. The molecule has 0 aliphatic rings. The van der Waals surface area contributed by atoms with E-state index < -0.39 is 0 Å². The molecule has 0 fully saturated rings. The lowest BCUT2D eigenvalue weighted by Crippen LogP contribution is -1.72. The minimum atomic E-state index is 0.253. The average Bonchev–Trinajstić information content (AvgIpc) is 2.69. The number of para-hydroxylation sites is 1. The predicted octanol–water partition coefficient (Wildman–Crippen LogP) is 2.55. The highest BCUT2D eigenvalue weighted by molar-refractivity contribution is 5.70. The number of aromatic hydroxyl groups is 1. The Hall–Kier alpha value is -2.03. The zero-order valence-corrected chi connectivity index (χ0v) is 7.42. The predicted molar refractivity (Wildman–Crippen MR) is 53.5 cm³/mol. The first-order valence-corrected chi connectivity index (χ1v) is 4.23. The summed E-state index contributed by atoms with van der Waals surface area (Å²) in [4.78, 5) is 0. The number of hydrogen-bond donors (Lipinski definition) is 1. The molecule has 70 valence electrons. The zero-order valence-electron chi connectivity index (χ0n) is 7.42. The molecule has 0 aliphatic heterocycles. The second-order valence-corrected chi connectivity index (χ2v) is 2.81. The number of phenolic OH excluding ortho intramolecular Hbond substituents is 1. The summed E-state index contributed by atoms with van der Waals surface area (Å²) in [7, 11) is 0. The molecule has 0 atom stereocenters. The second kappa shape index (κ2) is 3.79. The van der Waals surface area contributed by atoms with Gasteiger partial charge in [0.15, 0.2) is 5.76 Å². The van der Waals surface area contributed by atoms with Crippen LogP contribution in [0.4, 0.5) is 0 Å². The van der Waals surface area contributed by atoms with Crippen LogP contribution in [0.25, 0.3) is 12.2 Å². The molecule has 2 aromatic rings. The van der Waals surface area contributed by atoms with E-state index in [1.807, 2.05) is 12.1 Å². The van der Waals surface area contributed by atoms with Crippen LogP contribution < -0.4 is 0 Å². The molecule has 0 saturated carbocycles. The number of nitrogens with zero attached hydrogens (tertiary/aromatic N) is 1. The first kappa shape index (κ1) is 8.56. The van der Waals surface area contributed by atoms with Crippen molar-refractivity contribution in [3.8, 4) is 5.75 Å². The molecule has 1 heterocycles. The van der Waals surface area contributed by atoms with Crippen molar-refractivity contribution in [3.63, 3.8) is 0 Å². The van der Waals surface area contributed by atoms with Crippen LogP contribution >= 0.6 is 0 Å². The maximum Gasteiger partial charge on any atom is 0.159 e. The van der Waals surface area contributed by atoms with Gasteiger partial charge in [-0.05, 0) is 18.2 Å². The van der Waals surface area contributed by atoms with E-state index in [-0.39, 0.29) is 5.75 Å². The highest BCUT2D eigenvalue weighted by Crippen LogP contribution is 2.18. The molecule has 1 aromatic carbocycles. The van der Waals surface area contributed by atoms with Crippen molar-refractivity contribution >= 4 is 12.2 Å². The Labute approximate surface area is 81.3 Å². The molecule has 0 bridgehead atoms. The minimum Gasteiger partial charge on any atom is -0.507 e. The lowest BCUT2D eigenvalue weighted by atomic mass is 10.2. The number of hydrogen-bond acceptors (Lipinski definition) is 3. The standard InChI is InChI=1S/C11H9NO2/c13-11-4-2-1-3-9(11)5-6-10-7-8-12-14-10/h1-8,13H/b6-5+. The maximum atomic E-state index is 9.44. The molecule has 14 heavy (non-hydrogen) atoms. The normalized spacial score (nSPS) is 10.9. The highest BCUT2D eigenvalue weighted by Gasteiger charge is 1.94. The van der Waals surface area contributed by atoms with Crippen molar-refractivity contribution in [3.05, 3.63) is 47.9 Å². The topological polar surface area (TPSA) is 46.3 Å². The molecule has 0 amide bonds. The molecular formula is C11H9NO2. The summed E-state index contributed by atoms with van der Waals surface area (Å²) >= 11 is 0. The number of rotatable bonds is 2. The summed E-state index contributed by atoms with van der Waals surface area (Å²) in [5.41, 5.74) is 0.754. The quantitative estimate of drug-likeness (QED) is 0.785. The molecule has 0 radical (unpaired) electrons. The smallest absolute Gasteiger partial charge is 0.159 e. The number of aromatic nitrogens is 1. The fourth-order valence-corrected chi connectivity index (χ4v) is 1.11. The largest absolute Gasteiger partial charge is 0.507 e. The average molecular weight is 187 g/mol. The van der Waals surface area contributed by atoms with Gasteiger partial charge in [-0.2, -0.15) is 0 Å². The Morgan fingerprint density at radius 3 is 2.71 bits per heavy atom. The van der Waals surface area contributed by atoms with Gasteiger partial charge in [-0.25, -0.2) is 0 Å². The zero-order chi connectivity index (χ0) is 9.80. The van der Waals surface area contributed by atoms with E-state index in [2.05, 4.69) is 5.16 Å². The third kappa shape index (κ3) is 1.82. The number of phenols is 1. The summed E-state index contributed by atoms with van der Waals surface area (Å²) in [5, 5.41) is 13.0. The van der Waals surface area contributed by atoms with E-state index in [1.54, 1.807) is 36.5 Å². The van der Waals surface area contributed by atoms with Crippen LogP contribution in [0.1, 0.15) is 11.3 Å². The molecule has 3 heteroatoms. The molecule has 3 nitrogen and oxygen atoms in total. The lowest BCUT2D eigenvalue weighted by Gasteiger charge is -1.95. The summed E-state index contributed by atoms with van der Waals surface area (Å²) in [6.45, 7) is 0. The van der Waals surface area contributed by atoms with Gasteiger partial charge in [-0.3, -0.25) is 0 Å². The SMILES string of the molecule is Oc1ccccc1/C=C/c1ccno1. The van der Waals surface area contributed by atoms with Gasteiger partial charge in [0.25, 0.3) is 0 Å². The van der Waals surface area contributed by atoms with Crippen molar-refractivity contribution in [2.24, 2.45) is 0 Å². The van der Waals surface area contributed by atoms with Crippen molar-refractivity contribution in [2.45, 2.75) is 0 Å². The van der Waals surface area contributed by atoms with Crippen LogP contribution in [0, 0.1) is 0 Å². The van der Waals surface area contributed by atoms with Crippen LogP contribution in [0.15, 0.2) is 41.1 Å². The maximum absolute atomic E-state index is 9.44. The second-order valence-electron chi connectivity index (χ2n) is 2.81. The Balaban J connectivity index is 2.23. The van der Waals surface area contributed by atoms with Crippen LogP contribution in [-0.2, 0) is 0 Å². The van der Waals surface area contributed by atoms with Crippen LogP contribution in [0.5, 0.6) is 5.75 Å². The van der Waals surface area contributed by atoms with Gasteiger partial charge >= 0.3 is 0 Å². The lowest BCUT2D eigenvalue weighted by molar-refractivity contribution is 0.413. The first-order valence-electron chi connectivity index (χ1n) is 4.23. The van der Waals surface area contributed by atoms with E-state index in [0.29, 0.717) is 5.76 Å². The molecule has 0 saturated heterocycles. The third-order valence-electron chi connectivity index (χ3n) is 1.82. The van der Waals surface area contributed by atoms with Crippen molar-refractivity contribution in [2.75, 3.05) is 0 Å². The molecule has 1 aromatic heterocycles. The van der Waals surface area contributed by atoms with Crippen LogP contribution in [0.3, 0.4) is 0 Å². The van der Waals surface area contributed by atoms with E-state index in [4.69, 9.17) is 4.52 Å². The van der Waals surface area contributed by atoms with E-state index in [0.717, 1.165) is 5.56 Å². The molecule has 2 rings (SSSR count). The summed E-state index contributed by atoms with van der Waals surface area (Å²) in [6, 6.07) is 8.85. The van der Waals surface area contributed by atoms with Gasteiger partial charge in [-0.1, -0.05) is 23.4 Å². The first-order chi connectivity index (χ1) is 6.86. The fourth-order valence-electron chi connectivity index (χ4n) is 1.11. The molecule has 0 spiro atoms. The Morgan fingerprint density at radius 1 is 1.14 bits per heavy atom. The van der Waals surface area contributed by atoms with Crippen molar-refractivity contribution < 1.29 is 9.63 Å². The molecular weight excluding hydrogens is 178 g/mol. The number of benzene rings is 1. The van der Waals surface area contributed by atoms with E-state index in [1.165, 1.54) is 0 Å². The Kier molecular flexibility index (Phi) is 2.32. The molecule has 0 aliphatic carbocycles. The third-order valence-corrected chi connectivity index (χ3v) is 1.82. The molecule has 0 unspecified atom stereocenters. The van der Waals surface area contributed by atoms with Gasteiger partial charge in [0.1, 0.15) is 5.75 Å². The van der Waals surface area contributed by atoms with Crippen LogP contribution in [-0.4, -0.2) is 10.3 Å². The summed E-state index contributed by atoms with van der Waals surface area (Å²) < 4.78 is 4.88. The van der Waals surface area contributed by atoms with Gasteiger partial charge in [0.05, 0.1) is 6.20 Å².